The molecule has 2 heterocycles. The molecular weight excluding hydrogens is 194 g/mol. The van der Waals surface area contributed by atoms with E-state index in [-0.39, 0.29) is 0 Å². The van der Waals surface area contributed by atoms with Gasteiger partial charge in [-0.05, 0) is 18.4 Å². The molecule has 0 amide bonds. The van der Waals surface area contributed by atoms with Gasteiger partial charge in [0.1, 0.15) is 0 Å². The Hall–Kier alpha value is -1.29. The molecule has 0 aromatic carbocycles. The Morgan fingerprint density at radius 2 is 2.14 bits per heavy atom. The van der Waals surface area contributed by atoms with E-state index in [1.54, 1.807) is 18.1 Å². The number of aromatic nitrogens is 3. The average Bonchev–Trinajstić information content (AvgIpc) is 2.65. The fraction of sp³-hybridized carbons (Fsp3) is 0.200. The lowest BCUT2D eigenvalue weighted by Gasteiger charge is -2.02. The first-order valence-corrected chi connectivity index (χ1v) is 5.50. The molecule has 0 aliphatic rings. The second-order valence-electron chi connectivity index (χ2n) is 2.98. The molecule has 0 saturated carbocycles. The van der Waals surface area contributed by atoms with Crippen LogP contribution in [0.1, 0.15) is 0 Å². The number of imidazole rings is 1. The predicted octanol–water partition coefficient (Wildman–Crippen LogP) is 2.20. The van der Waals surface area contributed by atoms with Crippen molar-refractivity contribution in [2.45, 2.75) is 5.03 Å². The molecule has 0 unspecified atom stereocenters. The van der Waals surface area contributed by atoms with Crippen LogP contribution in [0.3, 0.4) is 0 Å². The Morgan fingerprint density at radius 1 is 1.29 bits per heavy atom. The largest absolute Gasteiger partial charge is 0.334 e. The lowest BCUT2D eigenvalue weighted by Crippen LogP contribution is -1.90. The standard InChI is InChI=1S/C10H11N3S/c1-13-7-11-6-9(13)8-3-4-10(14-2)12-5-8/h3-7H,1-2H3. The molecule has 14 heavy (non-hydrogen) atoms. The molecule has 2 rings (SSSR count). The van der Waals surface area contributed by atoms with Crippen LogP contribution in [0.5, 0.6) is 0 Å². The maximum absolute atomic E-state index is 4.32. The van der Waals surface area contributed by atoms with Crippen molar-refractivity contribution in [3.05, 3.63) is 30.9 Å². The minimum Gasteiger partial charge on any atom is -0.334 e. The third kappa shape index (κ3) is 1.65. The second kappa shape index (κ2) is 3.84. The first-order chi connectivity index (χ1) is 6.81. The average molecular weight is 205 g/mol. The van der Waals surface area contributed by atoms with Crippen LogP contribution in [0.4, 0.5) is 0 Å². The van der Waals surface area contributed by atoms with Crippen LogP contribution in [0, 0.1) is 0 Å². The molecule has 0 atom stereocenters. The molecule has 0 fully saturated rings. The van der Waals surface area contributed by atoms with E-state index in [0.29, 0.717) is 0 Å². The van der Waals surface area contributed by atoms with E-state index in [9.17, 15) is 0 Å². The van der Waals surface area contributed by atoms with E-state index in [1.807, 2.05) is 36.3 Å². The summed E-state index contributed by atoms with van der Waals surface area (Å²) >= 11 is 1.65. The molecule has 0 N–H and O–H groups in total. The van der Waals surface area contributed by atoms with Crippen LogP contribution in [-0.4, -0.2) is 20.8 Å². The highest BCUT2D eigenvalue weighted by Crippen LogP contribution is 2.19. The van der Waals surface area contributed by atoms with Gasteiger partial charge in [0.25, 0.3) is 0 Å². The van der Waals surface area contributed by atoms with Gasteiger partial charge < -0.3 is 4.57 Å². The van der Waals surface area contributed by atoms with E-state index < -0.39 is 0 Å². The Morgan fingerprint density at radius 3 is 2.64 bits per heavy atom. The molecule has 0 spiro atoms. The van der Waals surface area contributed by atoms with Crippen molar-refractivity contribution in [2.75, 3.05) is 6.26 Å². The summed E-state index contributed by atoms with van der Waals surface area (Å²) in [4.78, 5) is 8.39. The first kappa shape index (κ1) is 9.27. The third-order valence-corrected chi connectivity index (χ3v) is 2.72. The predicted molar refractivity (Wildman–Crippen MR) is 58.2 cm³/mol. The van der Waals surface area contributed by atoms with Gasteiger partial charge in [0.05, 0.1) is 23.2 Å². The summed E-state index contributed by atoms with van der Waals surface area (Å²) in [5.74, 6) is 0. The Bertz CT molecular complexity index is 419. The van der Waals surface area contributed by atoms with Gasteiger partial charge in [-0.25, -0.2) is 9.97 Å². The van der Waals surface area contributed by atoms with Gasteiger partial charge in [-0.3, -0.25) is 0 Å². The third-order valence-electron chi connectivity index (χ3n) is 2.06. The highest BCUT2D eigenvalue weighted by molar-refractivity contribution is 7.98. The lowest BCUT2D eigenvalue weighted by molar-refractivity contribution is 0.919. The minimum atomic E-state index is 1.04. The number of hydrogen-bond donors (Lipinski definition) is 0. The molecule has 3 nitrogen and oxygen atoms in total. The SMILES string of the molecule is CSc1ccc(-c2cncn2C)cn1. The molecular formula is C10H11N3S. The lowest BCUT2D eigenvalue weighted by atomic mass is 10.2. The molecule has 0 bridgehead atoms. The number of thioether (sulfide) groups is 1. The van der Waals surface area contributed by atoms with Gasteiger partial charge in [-0.1, -0.05) is 0 Å². The molecule has 0 aliphatic carbocycles. The topological polar surface area (TPSA) is 30.7 Å². The van der Waals surface area contributed by atoms with Crippen molar-refractivity contribution in [2.24, 2.45) is 7.05 Å². The van der Waals surface area contributed by atoms with Crippen molar-refractivity contribution in [3.63, 3.8) is 0 Å². The van der Waals surface area contributed by atoms with Gasteiger partial charge in [0.15, 0.2) is 0 Å². The summed E-state index contributed by atoms with van der Waals surface area (Å²) in [7, 11) is 1.98. The van der Waals surface area contributed by atoms with E-state index in [2.05, 4.69) is 16.0 Å². The van der Waals surface area contributed by atoms with Crippen molar-refractivity contribution < 1.29 is 0 Å². The van der Waals surface area contributed by atoms with Crippen LogP contribution in [0.15, 0.2) is 35.9 Å². The van der Waals surface area contributed by atoms with Gasteiger partial charge in [0, 0.05) is 18.8 Å². The van der Waals surface area contributed by atoms with Crippen LogP contribution in [0.25, 0.3) is 11.3 Å². The van der Waals surface area contributed by atoms with E-state index >= 15 is 0 Å². The van der Waals surface area contributed by atoms with E-state index in [0.717, 1.165) is 16.3 Å². The molecule has 0 radical (unpaired) electrons. The zero-order valence-electron chi connectivity index (χ0n) is 8.14. The number of aryl methyl sites for hydroxylation is 1. The second-order valence-corrected chi connectivity index (χ2v) is 3.81. The Kier molecular flexibility index (Phi) is 2.54. The van der Waals surface area contributed by atoms with Crippen LogP contribution in [-0.2, 0) is 7.05 Å². The summed E-state index contributed by atoms with van der Waals surface area (Å²) in [6.45, 7) is 0. The summed E-state index contributed by atoms with van der Waals surface area (Å²) in [5.41, 5.74) is 2.19. The number of pyridine rings is 1. The molecule has 2 aromatic heterocycles. The molecule has 4 heteroatoms. The highest BCUT2D eigenvalue weighted by Gasteiger charge is 2.02. The number of hydrogen-bond acceptors (Lipinski definition) is 3. The van der Waals surface area contributed by atoms with Gasteiger partial charge in [-0.15, -0.1) is 11.8 Å². The molecule has 2 aromatic rings. The van der Waals surface area contributed by atoms with Gasteiger partial charge >= 0.3 is 0 Å². The van der Waals surface area contributed by atoms with Crippen LogP contribution < -0.4 is 0 Å². The van der Waals surface area contributed by atoms with Gasteiger partial charge in [0.2, 0.25) is 0 Å². The Labute approximate surface area is 87.2 Å². The summed E-state index contributed by atoms with van der Waals surface area (Å²) in [5, 5.41) is 1.04. The molecule has 72 valence electrons. The fourth-order valence-electron chi connectivity index (χ4n) is 1.29. The van der Waals surface area contributed by atoms with Crippen LogP contribution in [0.2, 0.25) is 0 Å². The first-order valence-electron chi connectivity index (χ1n) is 4.28. The summed E-state index contributed by atoms with van der Waals surface area (Å²) < 4.78 is 1.98. The normalized spacial score (nSPS) is 10.4. The summed E-state index contributed by atoms with van der Waals surface area (Å²) in [6.07, 6.45) is 7.53. The van der Waals surface area contributed by atoms with Crippen molar-refractivity contribution in [1.29, 1.82) is 0 Å². The van der Waals surface area contributed by atoms with Crippen molar-refractivity contribution in [3.8, 4) is 11.3 Å². The fourth-order valence-corrected chi connectivity index (χ4v) is 1.65. The van der Waals surface area contributed by atoms with E-state index in [4.69, 9.17) is 0 Å². The van der Waals surface area contributed by atoms with Crippen LogP contribution >= 0.6 is 11.8 Å². The molecule has 0 aliphatic heterocycles. The number of nitrogens with zero attached hydrogens (tertiary/aromatic N) is 3. The minimum absolute atomic E-state index is 1.04. The maximum Gasteiger partial charge on any atom is 0.0957 e. The molecule has 0 saturated heterocycles. The quantitative estimate of drug-likeness (QED) is 0.704. The van der Waals surface area contributed by atoms with Gasteiger partial charge in [-0.2, -0.15) is 0 Å². The zero-order valence-corrected chi connectivity index (χ0v) is 8.95. The van der Waals surface area contributed by atoms with E-state index in [1.165, 1.54) is 0 Å². The highest BCUT2D eigenvalue weighted by atomic mass is 32.2. The number of rotatable bonds is 2. The van der Waals surface area contributed by atoms with Crippen molar-refractivity contribution in [1.82, 2.24) is 14.5 Å². The monoisotopic (exact) mass is 205 g/mol. The zero-order chi connectivity index (χ0) is 9.97. The van der Waals surface area contributed by atoms with Crippen molar-refractivity contribution >= 4 is 11.8 Å². The maximum atomic E-state index is 4.32. The smallest absolute Gasteiger partial charge is 0.0957 e. The Balaban J connectivity index is 2.39. The summed E-state index contributed by atoms with van der Waals surface area (Å²) in [6, 6.07) is 4.09.